The van der Waals surface area contributed by atoms with Gasteiger partial charge in [0.05, 0.1) is 6.21 Å². The Morgan fingerprint density at radius 1 is 1.20 bits per heavy atom. The molecule has 25 heavy (non-hydrogen) atoms. The number of rotatable bonds is 8. The molecule has 0 aromatic heterocycles. The first kappa shape index (κ1) is 18.7. The first-order valence-electron chi connectivity index (χ1n) is 7.25. The van der Waals surface area contributed by atoms with E-state index >= 15 is 0 Å². The lowest BCUT2D eigenvalue weighted by atomic mass is 10.2. The number of hydrogen-bond acceptors (Lipinski definition) is 4. The molecule has 132 valence electrons. The smallest absolute Gasteiger partial charge is 0.387 e. The van der Waals surface area contributed by atoms with E-state index in [2.05, 4.69) is 15.2 Å². The van der Waals surface area contributed by atoms with Crippen LogP contribution < -0.4 is 10.1 Å². The number of para-hydroxylation sites is 1. The van der Waals surface area contributed by atoms with Crippen LogP contribution in [0.4, 0.5) is 8.78 Å². The highest BCUT2D eigenvalue weighted by Crippen LogP contribution is 2.18. The first-order valence-corrected chi connectivity index (χ1v) is 7.62. The Bertz CT molecular complexity index is 724. The maximum absolute atomic E-state index is 12.3. The summed E-state index contributed by atoms with van der Waals surface area (Å²) in [5.74, 6) is -0.402. The van der Waals surface area contributed by atoms with Gasteiger partial charge in [0.25, 0.3) is 5.91 Å². The Labute approximate surface area is 148 Å². The van der Waals surface area contributed by atoms with Crippen molar-refractivity contribution in [2.24, 2.45) is 5.16 Å². The van der Waals surface area contributed by atoms with Gasteiger partial charge in [0.15, 0.2) is 6.61 Å². The molecule has 0 aliphatic carbocycles. The third kappa shape index (κ3) is 6.76. The summed E-state index contributed by atoms with van der Waals surface area (Å²) in [6.07, 6.45) is 1.20. The predicted octanol–water partition coefficient (Wildman–Crippen LogP) is 3.61. The molecule has 0 aliphatic heterocycles. The number of nitrogens with zero attached hydrogens (tertiary/aromatic N) is 1. The van der Waals surface area contributed by atoms with E-state index < -0.39 is 6.61 Å². The Morgan fingerprint density at radius 3 is 2.64 bits per heavy atom. The molecular formula is C17H15ClF2N2O3. The summed E-state index contributed by atoms with van der Waals surface area (Å²) in [6, 6.07) is 13.1. The number of carbonyl (C=O) groups is 1. The lowest BCUT2D eigenvalue weighted by Crippen LogP contribution is -2.26. The van der Waals surface area contributed by atoms with Gasteiger partial charge in [-0.1, -0.05) is 41.0 Å². The molecule has 0 saturated heterocycles. The highest BCUT2D eigenvalue weighted by atomic mass is 35.5. The van der Waals surface area contributed by atoms with Gasteiger partial charge in [-0.3, -0.25) is 4.79 Å². The number of benzene rings is 2. The number of halogens is 3. The monoisotopic (exact) mass is 368 g/mol. The third-order valence-corrected chi connectivity index (χ3v) is 3.25. The van der Waals surface area contributed by atoms with Gasteiger partial charge in [-0.05, 0) is 29.8 Å². The summed E-state index contributed by atoms with van der Waals surface area (Å²) in [7, 11) is 0. The number of amides is 1. The number of nitrogens with one attached hydrogen (secondary N) is 1. The molecule has 2 rings (SSSR count). The molecule has 5 nitrogen and oxygen atoms in total. The molecular weight excluding hydrogens is 354 g/mol. The molecule has 1 amide bonds. The highest BCUT2D eigenvalue weighted by Gasteiger charge is 2.07. The summed E-state index contributed by atoms with van der Waals surface area (Å²) < 4.78 is 28.9. The SMILES string of the molecule is O=C(CO/N=C/c1ccccc1OC(F)F)NCc1ccc(Cl)cc1. The van der Waals surface area contributed by atoms with Gasteiger partial charge in [-0.15, -0.1) is 0 Å². The van der Waals surface area contributed by atoms with E-state index in [1.165, 1.54) is 18.3 Å². The summed E-state index contributed by atoms with van der Waals surface area (Å²) in [4.78, 5) is 16.5. The van der Waals surface area contributed by atoms with Gasteiger partial charge in [0, 0.05) is 17.1 Å². The van der Waals surface area contributed by atoms with Crippen molar-refractivity contribution in [1.29, 1.82) is 0 Å². The van der Waals surface area contributed by atoms with Crippen molar-refractivity contribution in [3.05, 3.63) is 64.7 Å². The second-order valence-corrected chi connectivity index (χ2v) is 5.26. The zero-order chi connectivity index (χ0) is 18.1. The van der Waals surface area contributed by atoms with E-state index in [1.807, 2.05) is 0 Å². The van der Waals surface area contributed by atoms with E-state index in [-0.39, 0.29) is 18.3 Å². The predicted molar refractivity (Wildman–Crippen MR) is 89.9 cm³/mol. The lowest BCUT2D eigenvalue weighted by molar-refractivity contribution is -0.125. The molecule has 2 aromatic rings. The number of carbonyl (C=O) groups excluding carboxylic acids is 1. The Kier molecular flexibility index (Phi) is 7.16. The van der Waals surface area contributed by atoms with Crippen LogP contribution in [0, 0.1) is 0 Å². The summed E-state index contributed by atoms with van der Waals surface area (Å²) >= 11 is 5.77. The van der Waals surface area contributed by atoms with Crippen LogP contribution in [0.1, 0.15) is 11.1 Å². The van der Waals surface area contributed by atoms with Crippen LogP contribution in [0.25, 0.3) is 0 Å². The van der Waals surface area contributed by atoms with E-state index in [4.69, 9.17) is 16.4 Å². The van der Waals surface area contributed by atoms with Crippen LogP contribution in [0.15, 0.2) is 53.7 Å². The van der Waals surface area contributed by atoms with Crippen molar-refractivity contribution < 1.29 is 23.1 Å². The van der Waals surface area contributed by atoms with Gasteiger partial charge < -0.3 is 14.9 Å². The fraction of sp³-hybridized carbons (Fsp3) is 0.176. The largest absolute Gasteiger partial charge is 0.434 e. The Morgan fingerprint density at radius 2 is 1.92 bits per heavy atom. The molecule has 0 heterocycles. The molecule has 0 aliphatic rings. The van der Waals surface area contributed by atoms with Gasteiger partial charge in [-0.25, -0.2) is 0 Å². The molecule has 8 heteroatoms. The van der Waals surface area contributed by atoms with E-state index in [0.29, 0.717) is 17.1 Å². The molecule has 0 atom stereocenters. The maximum Gasteiger partial charge on any atom is 0.387 e. The van der Waals surface area contributed by atoms with Crippen LogP contribution in [0.2, 0.25) is 5.02 Å². The minimum atomic E-state index is -2.94. The number of oxime groups is 1. The average Bonchev–Trinajstić information content (AvgIpc) is 2.59. The van der Waals surface area contributed by atoms with Crippen LogP contribution in [-0.2, 0) is 16.2 Å². The zero-order valence-electron chi connectivity index (χ0n) is 13.0. The second-order valence-electron chi connectivity index (χ2n) is 4.83. The van der Waals surface area contributed by atoms with Crippen molar-refractivity contribution in [2.45, 2.75) is 13.2 Å². The van der Waals surface area contributed by atoms with E-state index in [0.717, 1.165) is 5.56 Å². The first-order chi connectivity index (χ1) is 12.0. The number of hydrogen-bond donors (Lipinski definition) is 1. The fourth-order valence-electron chi connectivity index (χ4n) is 1.83. The Hall–Kier alpha value is -2.67. The molecule has 0 fully saturated rings. The standard InChI is InChI=1S/C17H15ClF2N2O3/c18-14-7-5-12(6-8-14)9-21-16(23)11-24-22-10-13-3-1-2-4-15(13)25-17(19)20/h1-8,10,17H,9,11H2,(H,21,23)/b22-10+. The van der Waals surface area contributed by atoms with E-state index in [9.17, 15) is 13.6 Å². The molecule has 0 bridgehead atoms. The summed E-state index contributed by atoms with van der Waals surface area (Å²) in [5.41, 5.74) is 1.20. The topological polar surface area (TPSA) is 59.9 Å². The van der Waals surface area contributed by atoms with Gasteiger partial charge >= 0.3 is 6.61 Å². The normalized spacial score (nSPS) is 10.9. The zero-order valence-corrected chi connectivity index (χ0v) is 13.7. The van der Waals surface area contributed by atoms with Crippen LogP contribution in [-0.4, -0.2) is 25.3 Å². The van der Waals surface area contributed by atoms with Gasteiger partial charge in [0.2, 0.25) is 0 Å². The molecule has 1 N–H and O–H groups in total. The van der Waals surface area contributed by atoms with Gasteiger partial charge in [-0.2, -0.15) is 8.78 Å². The van der Waals surface area contributed by atoms with Crippen molar-refractivity contribution >= 4 is 23.7 Å². The molecule has 0 radical (unpaired) electrons. The number of ether oxygens (including phenoxy) is 1. The maximum atomic E-state index is 12.3. The van der Waals surface area contributed by atoms with Gasteiger partial charge in [0.1, 0.15) is 5.75 Å². The van der Waals surface area contributed by atoms with Crippen molar-refractivity contribution in [3.63, 3.8) is 0 Å². The Balaban J connectivity index is 1.77. The van der Waals surface area contributed by atoms with Crippen LogP contribution in [0.5, 0.6) is 5.75 Å². The van der Waals surface area contributed by atoms with Crippen molar-refractivity contribution in [1.82, 2.24) is 5.32 Å². The fourth-order valence-corrected chi connectivity index (χ4v) is 1.96. The van der Waals surface area contributed by atoms with Crippen LogP contribution >= 0.6 is 11.6 Å². The molecule has 0 saturated carbocycles. The molecule has 2 aromatic carbocycles. The van der Waals surface area contributed by atoms with Crippen molar-refractivity contribution in [2.75, 3.05) is 6.61 Å². The second kappa shape index (κ2) is 9.58. The average molecular weight is 369 g/mol. The summed E-state index contributed by atoms with van der Waals surface area (Å²) in [5, 5.41) is 6.85. The van der Waals surface area contributed by atoms with Crippen LogP contribution in [0.3, 0.4) is 0 Å². The van der Waals surface area contributed by atoms with Crippen molar-refractivity contribution in [3.8, 4) is 5.75 Å². The summed E-state index contributed by atoms with van der Waals surface area (Å²) in [6.45, 7) is -2.91. The lowest BCUT2D eigenvalue weighted by Gasteiger charge is -2.07. The quantitative estimate of drug-likeness (QED) is 0.572. The molecule has 0 spiro atoms. The minimum absolute atomic E-state index is 0.0305. The van der Waals surface area contributed by atoms with E-state index in [1.54, 1.807) is 36.4 Å². The minimum Gasteiger partial charge on any atom is -0.434 e. The third-order valence-electron chi connectivity index (χ3n) is 3.00. The highest BCUT2D eigenvalue weighted by molar-refractivity contribution is 6.30. The number of alkyl halides is 2. The molecule has 0 unspecified atom stereocenters.